The molecule has 1 N–H and O–H groups in total. The van der Waals surface area contributed by atoms with Gasteiger partial charge in [-0.2, -0.15) is 0 Å². The Labute approximate surface area is 156 Å². The molecule has 0 aliphatic heterocycles. The summed E-state index contributed by atoms with van der Waals surface area (Å²) in [5, 5.41) is 10.8. The number of phenolic OH excluding ortho intramolecular Hbond substituents is 1. The van der Waals surface area contributed by atoms with Gasteiger partial charge in [0, 0.05) is 11.6 Å². The Morgan fingerprint density at radius 3 is 2.37 bits per heavy atom. The van der Waals surface area contributed by atoms with Crippen molar-refractivity contribution in [2.45, 2.75) is 20.3 Å². The molecule has 1 aromatic heterocycles. The van der Waals surface area contributed by atoms with Gasteiger partial charge >= 0.3 is 0 Å². The molecule has 0 fully saturated rings. The van der Waals surface area contributed by atoms with E-state index in [0.29, 0.717) is 34.6 Å². The van der Waals surface area contributed by atoms with Crippen molar-refractivity contribution >= 4 is 21.9 Å². The summed E-state index contributed by atoms with van der Waals surface area (Å²) in [5.41, 5.74) is 2.07. The van der Waals surface area contributed by atoms with Crippen molar-refractivity contribution in [1.29, 1.82) is 0 Å². The van der Waals surface area contributed by atoms with Crippen molar-refractivity contribution in [2.24, 2.45) is 0 Å². The maximum Gasteiger partial charge on any atom is 0.208 e. The highest BCUT2D eigenvalue weighted by Crippen LogP contribution is 2.39. The molecule has 0 spiro atoms. The number of aromatic hydroxyl groups is 1. The molecule has 0 radical (unpaired) electrons. The smallest absolute Gasteiger partial charge is 0.208 e. The summed E-state index contributed by atoms with van der Waals surface area (Å²) < 4.78 is 22.1. The summed E-state index contributed by atoms with van der Waals surface area (Å²) in [4.78, 5) is 13.2. The van der Waals surface area contributed by atoms with Crippen molar-refractivity contribution in [3.8, 4) is 23.0 Å². The Morgan fingerprint density at radius 1 is 1.07 bits per heavy atom. The third-order valence-corrected chi connectivity index (χ3v) is 4.43. The first kappa shape index (κ1) is 18.6. The van der Waals surface area contributed by atoms with Gasteiger partial charge in [0.2, 0.25) is 5.43 Å². The standard InChI is InChI=1S/C21H22O6/c1-11(2)6-7-12-16(25-4)10-13(22)17-19(23)18-14(27-20(12)17)8-9-15(24-3)21(18)26-5/h6,8-10,22H,7H2,1-5H3. The second-order valence-electron chi connectivity index (χ2n) is 6.37. The Hall–Kier alpha value is -3.15. The number of allylic oxidation sites excluding steroid dienone is 2. The van der Waals surface area contributed by atoms with Crippen LogP contribution in [0.25, 0.3) is 21.9 Å². The van der Waals surface area contributed by atoms with Crippen LogP contribution in [-0.4, -0.2) is 26.4 Å². The fraction of sp³-hybridized carbons (Fsp3) is 0.286. The number of benzene rings is 2. The van der Waals surface area contributed by atoms with Crippen molar-refractivity contribution in [2.75, 3.05) is 21.3 Å². The van der Waals surface area contributed by atoms with E-state index in [0.717, 1.165) is 5.57 Å². The summed E-state index contributed by atoms with van der Waals surface area (Å²) in [7, 11) is 4.46. The number of ether oxygens (including phenoxy) is 3. The van der Waals surface area contributed by atoms with Crippen LogP contribution in [0.2, 0.25) is 0 Å². The van der Waals surface area contributed by atoms with Crippen molar-refractivity contribution < 1.29 is 23.7 Å². The fourth-order valence-electron chi connectivity index (χ4n) is 3.12. The predicted octanol–water partition coefficient (Wildman–Crippen LogP) is 4.19. The molecular weight excluding hydrogens is 348 g/mol. The number of hydrogen-bond donors (Lipinski definition) is 1. The van der Waals surface area contributed by atoms with Gasteiger partial charge in [-0.3, -0.25) is 4.79 Å². The van der Waals surface area contributed by atoms with Crippen LogP contribution in [-0.2, 0) is 6.42 Å². The Bertz CT molecular complexity index is 1100. The lowest BCUT2D eigenvalue weighted by atomic mass is 10.0. The van der Waals surface area contributed by atoms with Crippen LogP contribution in [0.1, 0.15) is 19.4 Å². The molecular formula is C21H22O6. The third-order valence-electron chi connectivity index (χ3n) is 4.43. The van der Waals surface area contributed by atoms with Crippen LogP contribution in [0, 0.1) is 0 Å². The van der Waals surface area contributed by atoms with Crippen LogP contribution in [0.3, 0.4) is 0 Å². The topological polar surface area (TPSA) is 78.1 Å². The summed E-state index contributed by atoms with van der Waals surface area (Å²) in [6.07, 6.45) is 2.51. The molecule has 0 unspecified atom stereocenters. The van der Waals surface area contributed by atoms with Crippen LogP contribution >= 0.6 is 0 Å². The largest absolute Gasteiger partial charge is 0.507 e. The molecule has 6 heteroatoms. The molecule has 142 valence electrons. The van der Waals surface area contributed by atoms with E-state index in [4.69, 9.17) is 18.6 Å². The van der Waals surface area contributed by atoms with Crippen LogP contribution in [0.5, 0.6) is 23.0 Å². The molecule has 0 saturated carbocycles. The normalized spacial score (nSPS) is 10.9. The van der Waals surface area contributed by atoms with Crippen LogP contribution in [0.4, 0.5) is 0 Å². The molecule has 1 heterocycles. The van der Waals surface area contributed by atoms with Gasteiger partial charge in [0.05, 0.1) is 21.3 Å². The average molecular weight is 370 g/mol. The molecule has 0 bridgehead atoms. The van der Waals surface area contributed by atoms with Gasteiger partial charge in [-0.15, -0.1) is 0 Å². The van der Waals surface area contributed by atoms with Crippen LogP contribution in [0.15, 0.2) is 39.1 Å². The number of fused-ring (bicyclic) bond motifs is 2. The molecule has 3 aromatic rings. The van der Waals surface area contributed by atoms with Gasteiger partial charge in [-0.1, -0.05) is 11.6 Å². The van der Waals surface area contributed by atoms with Gasteiger partial charge in [0.15, 0.2) is 11.5 Å². The first-order valence-electron chi connectivity index (χ1n) is 8.46. The number of phenols is 1. The highest BCUT2D eigenvalue weighted by molar-refractivity contribution is 5.99. The monoisotopic (exact) mass is 370 g/mol. The summed E-state index contributed by atoms with van der Waals surface area (Å²) in [5.74, 6) is 0.935. The first-order valence-corrected chi connectivity index (χ1v) is 8.46. The van der Waals surface area contributed by atoms with Gasteiger partial charge in [-0.05, 0) is 32.4 Å². The van der Waals surface area contributed by atoms with Crippen molar-refractivity contribution in [1.82, 2.24) is 0 Å². The second kappa shape index (κ2) is 7.23. The van der Waals surface area contributed by atoms with Gasteiger partial charge in [0.25, 0.3) is 0 Å². The van der Waals surface area contributed by atoms with Gasteiger partial charge < -0.3 is 23.7 Å². The number of hydrogen-bond acceptors (Lipinski definition) is 6. The fourth-order valence-corrected chi connectivity index (χ4v) is 3.12. The molecule has 0 amide bonds. The number of methoxy groups -OCH3 is 3. The van der Waals surface area contributed by atoms with Crippen LogP contribution < -0.4 is 19.6 Å². The second-order valence-corrected chi connectivity index (χ2v) is 6.37. The third kappa shape index (κ3) is 3.07. The summed E-state index contributed by atoms with van der Waals surface area (Å²) >= 11 is 0. The zero-order valence-corrected chi connectivity index (χ0v) is 16.0. The van der Waals surface area contributed by atoms with E-state index in [2.05, 4.69) is 0 Å². The van der Waals surface area contributed by atoms with E-state index in [9.17, 15) is 9.90 Å². The lowest BCUT2D eigenvalue weighted by Crippen LogP contribution is -2.07. The highest BCUT2D eigenvalue weighted by Gasteiger charge is 2.22. The Kier molecular flexibility index (Phi) is 4.99. The minimum atomic E-state index is -0.388. The van der Waals surface area contributed by atoms with E-state index >= 15 is 0 Å². The van der Waals surface area contributed by atoms with Gasteiger partial charge in [-0.25, -0.2) is 0 Å². The molecule has 0 saturated heterocycles. The maximum atomic E-state index is 13.2. The Morgan fingerprint density at radius 2 is 1.78 bits per heavy atom. The highest BCUT2D eigenvalue weighted by atomic mass is 16.5. The molecule has 2 aromatic carbocycles. The summed E-state index contributed by atoms with van der Waals surface area (Å²) in [6, 6.07) is 4.76. The minimum Gasteiger partial charge on any atom is -0.507 e. The molecule has 27 heavy (non-hydrogen) atoms. The number of rotatable bonds is 5. The quantitative estimate of drug-likeness (QED) is 0.536. The maximum absolute atomic E-state index is 13.2. The average Bonchev–Trinajstić information content (AvgIpc) is 2.65. The van der Waals surface area contributed by atoms with E-state index < -0.39 is 0 Å². The molecule has 3 rings (SSSR count). The molecule has 0 atom stereocenters. The lowest BCUT2D eigenvalue weighted by molar-refractivity contribution is 0.358. The predicted molar refractivity (Wildman–Crippen MR) is 104 cm³/mol. The van der Waals surface area contributed by atoms with E-state index in [1.165, 1.54) is 27.4 Å². The first-order chi connectivity index (χ1) is 12.9. The van der Waals surface area contributed by atoms with E-state index in [1.807, 2.05) is 19.9 Å². The zero-order chi connectivity index (χ0) is 19.7. The Balaban J connectivity index is 2.50. The molecule has 0 aliphatic rings. The van der Waals surface area contributed by atoms with Crippen molar-refractivity contribution in [3.63, 3.8) is 0 Å². The zero-order valence-electron chi connectivity index (χ0n) is 16.0. The van der Waals surface area contributed by atoms with E-state index in [1.54, 1.807) is 12.1 Å². The van der Waals surface area contributed by atoms with Gasteiger partial charge in [0.1, 0.15) is 33.4 Å². The molecule has 6 nitrogen and oxygen atoms in total. The van der Waals surface area contributed by atoms with Crippen molar-refractivity contribution in [3.05, 3.63) is 45.6 Å². The molecule has 0 aliphatic carbocycles. The minimum absolute atomic E-state index is 0.0898. The summed E-state index contributed by atoms with van der Waals surface area (Å²) in [6.45, 7) is 3.97. The lowest BCUT2D eigenvalue weighted by Gasteiger charge is -2.14. The van der Waals surface area contributed by atoms with E-state index in [-0.39, 0.29) is 27.7 Å². The SMILES string of the molecule is COc1cc(O)c2c(=O)c3c(OC)c(OC)ccc3oc2c1CC=C(C)C.